The highest BCUT2D eigenvalue weighted by Crippen LogP contribution is 2.18. The molecule has 0 amide bonds. The van der Waals surface area contributed by atoms with Crippen LogP contribution in [0, 0.1) is 107 Å². The van der Waals surface area contributed by atoms with Crippen LogP contribution in [0.2, 0.25) is 0 Å². The molecular formula is C35H52O5. The van der Waals surface area contributed by atoms with E-state index in [4.69, 9.17) is 25.7 Å². The Morgan fingerprint density at radius 1 is 0.600 bits per heavy atom. The molecule has 0 saturated carbocycles. The van der Waals surface area contributed by atoms with E-state index in [9.17, 15) is 4.79 Å². The number of rotatable bonds is 9. The molecule has 0 heterocycles. The van der Waals surface area contributed by atoms with Crippen LogP contribution in [0.1, 0.15) is 40.2 Å². The van der Waals surface area contributed by atoms with Crippen LogP contribution in [0.5, 0.6) is 11.5 Å². The Labute approximate surface area is 259 Å². The summed E-state index contributed by atoms with van der Waals surface area (Å²) in [7, 11) is 0. The molecule has 0 aliphatic rings. The first kappa shape index (κ1) is 29.7. The number of benzene rings is 2. The van der Waals surface area contributed by atoms with Crippen LogP contribution < -0.4 is 9.47 Å². The number of carbonyl (C=O) groups excluding carboxylic acids is 1. The van der Waals surface area contributed by atoms with Crippen LogP contribution in [0.4, 0.5) is 0 Å². The molecule has 5 heteroatoms. The van der Waals surface area contributed by atoms with Gasteiger partial charge in [0.05, 0.1) is 6.61 Å². The van der Waals surface area contributed by atoms with Gasteiger partial charge >= 0.3 is 0 Å². The van der Waals surface area contributed by atoms with Crippen molar-refractivity contribution in [1.29, 1.82) is 0 Å². The topological polar surface area (TPSA) is 65.0 Å². The van der Waals surface area contributed by atoms with Crippen molar-refractivity contribution in [2.24, 2.45) is 0 Å². The van der Waals surface area contributed by atoms with Crippen LogP contribution in [0.25, 0.3) is 0 Å². The van der Waals surface area contributed by atoms with Gasteiger partial charge in [0, 0.05) is 82.7 Å². The predicted octanol–water partition coefficient (Wildman–Crippen LogP) is 6.48. The van der Waals surface area contributed by atoms with Crippen LogP contribution in [0.3, 0.4) is 0 Å². The summed E-state index contributed by atoms with van der Waals surface area (Å²) in [6.07, 6.45) is 7.37. The zero-order chi connectivity index (χ0) is 28.5. The van der Waals surface area contributed by atoms with Gasteiger partial charge < -0.3 is 19.3 Å². The first-order valence-electron chi connectivity index (χ1n) is 11.4. The summed E-state index contributed by atoms with van der Waals surface area (Å²) in [5, 5.41) is 8.80. The lowest BCUT2D eigenvalue weighted by Crippen LogP contribution is -2.05. The quantitative estimate of drug-likeness (QED) is 0.219. The number of carbonyl (C=O) groups is 1. The fraction of sp³-hybridized carbons (Fsp3) is 0.114. The van der Waals surface area contributed by atoms with Crippen molar-refractivity contribution < 1.29 is 48.4 Å². The molecule has 0 aliphatic heterocycles. The zero-order valence-electron chi connectivity index (χ0n) is 21.1. The number of terminal acetylenes is 1. The largest absolute Gasteiger partial charge is 0.491 e. The van der Waals surface area contributed by atoms with E-state index < -0.39 is 0 Å². The molecular weight excluding hydrogens is 500 g/mol. The minimum atomic E-state index is -0.124. The molecule has 0 bridgehead atoms. The Bertz CT molecular complexity index is 1780. The van der Waals surface area contributed by atoms with Gasteiger partial charge in [-0.2, -0.15) is 0 Å². The third-order valence-electron chi connectivity index (χ3n) is 4.12. The molecule has 2 rings (SSSR count). The maximum Gasteiger partial charge on any atom is 0.193 e. The summed E-state index contributed by atoms with van der Waals surface area (Å²) in [5.74, 6) is 40.3. The first-order chi connectivity index (χ1) is 19.7. The normalized spacial score (nSPS) is 7.50. The van der Waals surface area contributed by atoms with Gasteiger partial charge in [0.15, 0.2) is 5.78 Å². The fourth-order valence-corrected chi connectivity index (χ4v) is 2.49. The van der Waals surface area contributed by atoms with E-state index >= 15 is 0 Å². The maximum atomic E-state index is 12.6. The second-order valence-electron chi connectivity index (χ2n) is 6.77. The fourth-order valence-electron chi connectivity index (χ4n) is 2.49. The van der Waals surface area contributed by atoms with E-state index in [1.54, 1.807) is 48.5 Å². The molecule has 0 radical (unpaired) electrons. The second kappa shape index (κ2) is 19.7. The number of aliphatic hydroxyl groups is 1. The summed E-state index contributed by atoms with van der Waals surface area (Å²) < 4.78 is 16.0. The number of ketones is 1. The Morgan fingerprint density at radius 2 is 1.00 bits per heavy atom. The third kappa shape index (κ3) is 13.0. The molecule has 222 valence electrons. The molecule has 0 spiro atoms. The maximum absolute atomic E-state index is 12.6. The number of aliphatic hydroxyl groups excluding tert-OH is 1. The second-order valence-corrected chi connectivity index (χ2v) is 6.77. The molecule has 2 aromatic rings. The van der Waals surface area contributed by atoms with E-state index in [2.05, 4.69) is 101 Å². The van der Waals surface area contributed by atoms with Gasteiger partial charge in [-0.25, -0.2) is 0 Å². The molecule has 2 aromatic carbocycles. The van der Waals surface area contributed by atoms with Gasteiger partial charge in [-0.15, -0.1) is 6.42 Å². The lowest BCUT2D eigenvalue weighted by Gasteiger charge is -2.07. The van der Waals surface area contributed by atoms with Gasteiger partial charge in [0.1, 0.15) is 37.4 Å². The standard InChI is InChI=1S/C35H18O5.17H2/c1-2-3-4-5-6-7-8-9-10-11-12-13-14-15-16-17-27-38-29-30-40-34-24-20-32(21-25-34)35(37)31-18-22-33(23-19-31)39-28-26-36;;;;;;;;;;;;;;;;;/h1,18-25,36H,26,28-30H2;17*1H. The molecule has 5 nitrogen and oxygen atoms in total. The lowest BCUT2D eigenvalue weighted by molar-refractivity contribution is 0.103. The van der Waals surface area contributed by atoms with Crippen molar-refractivity contribution in [3.05, 3.63) is 59.7 Å². The van der Waals surface area contributed by atoms with Crippen LogP contribution in [-0.2, 0) is 4.74 Å². The Morgan fingerprint density at radius 3 is 1.43 bits per heavy atom. The summed E-state index contributed by atoms with van der Waals surface area (Å²) in [6, 6.07) is 13.5. The Balaban J connectivity index is -0.0000000706. The van der Waals surface area contributed by atoms with Gasteiger partial charge in [-0.3, -0.25) is 4.79 Å². The molecule has 0 fully saturated rings. The summed E-state index contributed by atoms with van der Waals surface area (Å²) in [6.45, 7) is 0.613. The first-order valence-corrected chi connectivity index (χ1v) is 11.4. The van der Waals surface area contributed by atoms with E-state index in [1.807, 2.05) is 0 Å². The van der Waals surface area contributed by atoms with Crippen LogP contribution in [0.15, 0.2) is 48.5 Å². The highest BCUT2D eigenvalue weighted by molar-refractivity contribution is 6.09. The van der Waals surface area contributed by atoms with Gasteiger partial charge in [0.2, 0.25) is 0 Å². The SMILES string of the molecule is C#CC#CC#CC#CC#CC#CC#CC#CC#COCCOc1ccc(C(=O)c2ccc(OCCO)cc2)cc1.[HH].[HH].[HH].[HH].[HH].[HH].[HH].[HH].[HH].[HH].[HH].[HH].[HH].[HH].[HH].[HH].[HH]. The minimum absolute atomic E-state index is 0. The van der Waals surface area contributed by atoms with Crippen LogP contribution in [-0.4, -0.2) is 37.3 Å². The Hall–Kier alpha value is -6.49. The van der Waals surface area contributed by atoms with E-state index in [1.165, 1.54) is 0 Å². The van der Waals surface area contributed by atoms with E-state index in [-0.39, 0.29) is 56.5 Å². The summed E-state index contributed by atoms with van der Waals surface area (Å²) in [5.41, 5.74) is 1.06. The lowest BCUT2D eigenvalue weighted by atomic mass is 10.0. The molecule has 0 aliphatic carbocycles. The average molecular weight is 553 g/mol. The highest BCUT2D eigenvalue weighted by Gasteiger charge is 2.09. The van der Waals surface area contributed by atoms with Gasteiger partial charge in [-0.05, 0) is 95.9 Å². The number of ether oxygens (including phenoxy) is 3. The molecule has 40 heavy (non-hydrogen) atoms. The number of hydrogen-bond acceptors (Lipinski definition) is 5. The Kier molecular flexibility index (Phi) is 14.6. The molecule has 0 unspecified atom stereocenters. The van der Waals surface area contributed by atoms with Gasteiger partial charge in [0.25, 0.3) is 0 Å². The third-order valence-corrected chi connectivity index (χ3v) is 4.12. The summed E-state index contributed by atoms with van der Waals surface area (Å²) in [4.78, 5) is 12.6. The van der Waals surface area contributed by atoms with Crippen molar-refractivity contribution in [3.63, 3.8) is 0 Å². The van der Waals surface area contributed by atoms with Crippen molar-refractivity contribution >= 4 is 5.78 Å². The summed E-state index contributed by atoms with van der Waals surface area (Å²) >= 11 is 0. The van der Waals surface area contributed by atoms with Gasteiger partial charge in [-0.1, -0.05) is 0 Å². The predicted molar refractivity (Wildman–Crippen MR) is 187 cm³/mol. The monoisotopic (exact) mass is 552 g/mol. The zero-order valence-corrected chi connectivity index (χ0v) is 21.1. The molecule has 0 atom stereocenters. The molecule has 0 saturated heterocycles. The molecule has 0 aromatic heterocycles. The number of hydrogen-bond donors (Lipinski definition) is 1. The van der Waals surface area contributed by atoms with Crippen molar-refractivity contribution in [2.75, 3.05) is 26.4 Å². The van der Waals surface area contributed by atoms with Crippen molar-refractivity contribution in [1.82, 2.24) is 0 Å². The highest BCUT2D eigenvalue weighted by atomic mass is 16.5. The van der Waals surface area contributed by atoms with Crippen LogP contribution >= 0.6 is 0 Å². The van der Waals surface area contributed by atoms with Crippen molar-refractivity contribution in [3.8, 4) is 119 Å². The van der Waals surface area contributed by atoms with Crippen molar-refractivity contribution in [2.45, 2.75) is 0 Å². The van der Waals surface area contributed by atoms with E-state index in [0.717, 1.165) is 0 Å². The van der Waals surface area contributed by atoms with E-state index in [0.29, 0.717) is 22.6 Å². The molecule has 1 N–H and O–H groups in total. The minimum Gasteiger partial charge on any atom is -0.491 e. The average Bonchev–Trinajstić information content (AvgIpc) is 2.99. The smallest absolute Gasteiger partial charge is 0.193 e.